The lowest BCUT2D eigenvalue weighted by Crippen LogP contribution is -2.16. The third-order valence-corrected chi connectivity index (χ3v) is 3.15. The van der Waals surface area contributed by atoms with Crippen molar-refractivity contribution in [1.29, 1.82) is 0 Å². The van der Waals surface area contributed by atoms with Crippen LogP contribution in [0.25, 0.3) is 0 Å². The van der Waals surface area contributed by atoms with Crippen molar-refractivity contribution in [1.82, 2.24) is 0 Å². The average Bonchev–Trinajstić information content (AvgIpc) is 2.37. The molecule has 0 fully saturated rings. The number of carbonyl (C=O) groups is 1. The van der Waals surface area contributed by atoms with Gasteiger partial charge in [0.1, 0.15) is 0 Å². The molecule has 1 amide bonds. The van der Waals surface area contributed by atoms with Gasteiger partial charge in [-0.25, -0.2) is 0 Å². The van der Waals surface area contributed by atoms with Gasteiger partial charge in [0.25, 0.3) is 0 Å². The van der Waals surface area contributed by atoms with E-state index in [1.165, 1.54) is 6.07 Å². The number of alkyl halides is 3. The molecule has 112 valence electrons. The summed E-state index contributed by atoms with van der Waals surface area (Å²) < 4.78 is 38.0. The Morgan fingerprint density at radius 3 is 2.65 bits per heavy atom. The van der Waals surface area contributed by atoms with Crippen LogP contribution in [0.5, 0.6) is 0 Å². The van der Waals surface area contributed by atoms with Crippen molar-refractivity contribution in [2.24, 2.45) is 11.7 Å². The Bertz CT molecular complexity index is 477. The van der Waals surface area contributed by atoms with Gasteiger partial charge in [-0.3, -0.25) is 4.79 Å². The second-order valence-electron chi connectivity index (χ2n) is 4.62. The van der Waals surface area contributed by atoms with Gasteiger partial charge in [-0.05, 0) is 37.1 Å². The van der Waals surface area contributed by atoms with E-state index in [1.807, 2.05) is 6.92 Å². The van der Waals surface area contributed by atoms with Crippen LogP contribution in [0.1, 0.15) is 25.3 Å². The zero-order chi connectivity index (χ0) is 15.3. The van der Waals surface area contributed by atoms with Gasteiger partial charge in [0.05, 0.1) is 10.6 Å². The maximum absolute atomic E-state index is 12.7. The smallest absolute Gasteiger partial charge is 0.330 e. The lowest BCUT2D eigenvalue weighted by atomic mass is 10.1. The number of amides is 1. The van der Waals surface area contributed by atoms with Crippen LogP contribution in [0.4, 0.5) is 18.9 Å². The number of halogens is 4. The summed E-state index contributed by atoms with van der Waals surface area (Å²) in [6.45, 7) is 2.36. The maximum Gasteiger partial charge on any atom is 0.417 e. The molecule has 1 atom stereocenters. The first-order valence-corrected chi connectivity index (χ1v) is 6.48. The SMILES string of the molecule is CC(CN)CCC(=O)Nc1ccc(Cl)c(C(F)(F)F)c1. The molecule has 3 N–H and O–H groups in total. The summed E-state index contributed by atoms with van der Waals surface area (Å²) in [5.41, 5.74) is 4.53. The van der Waals surface area contributed by atoms with Crippen LogP contribution in [0.2, 0.25) is 5.02 Å². The summed E-state index contributed by atoms with van der Waals surface area (Å²) in [5.74, 6) is -0.155. The quantitative estimate of drug-likeness (QED) is 0.872. The van der Waals surface area contributed by atoms with Crippen molar-refractivity contribution in [3.05, 3.63) is 28.8 Å². The van der Waals surface area contributed by atoms with Crippen molar-refractivity contribution >= 4 is 23.2 Å². The number of nitrogens with two attached hydrogens (primary N) is 1. The molecule has 0 spiro atoms. The van der Waals surface area contributed by atoms with E-state index in [-0.39, 0.29) is 23.9 Å². The summed E-state index contributed by atoms with van der Waals surface area (Å²) in [5, 5.41) is 2.03. The van der Waals surface area contributed by atoms with Gasteiger partial charge in [-0.2, -0.15) is 13.2 Å². The lowest BCUT2D eigenvalue weighted by Gasteiger charge is -2.12. The highest BCUT2D eigenvalue weighted by atomic mass is 35.5. The van der Waals surface area contributed by atoms with Crippen molar-refractivity contribution in [2.45, 2.75) is 25.9 Å². The molecular formula is C13H16ClF3N2O. The monoisotopic (exact) mass is 308 g/mol. The van der Waals surface area contributed by atoms with Gasteiger partial charge in [0, 0.05) is 12.1 Å². The third-order valence-electron chi connectivity index (χ3n) is 2.82. The van der Waals surface area contributed by atoms with Crippen molar-refractivity contribution in [2.75, 3.05) is 11.9 Å². The van der Waals surface area contributed by atoms with Gasteiger partial charge in [-0.15, -0.1) is 0 Å². The molecule has 0 saturated carbocycles. The van der Waals surface area contributed by atoms with Gasteiger partial charge in [0.15, 0.2) is 0 Å². The molecule has 0 aliphatic rings. The van der Waals surface area contributed by atoms with Gasteiger partial charge in [-0.1, -0.05) is 18.5 Å². The first-order chi connectivity index (χ1) is 9.24. The summed E-state index contributed by atoms with van der Waals surface area (Å²) in [6, 6.07) is 3.27. The molecule has 7 heteroatoms. The average molecular weight is 309 g/mol. The van der Waals surface area contributed by atoms with Crippen molar-refractivity contribution in [3.8, 4) is 0 Å². The minimum Gasteiger partial charge on any atom is -0.330 e. The van der Waals surface area contributed by atoms with Crippen LogP contribution in [0.15, 0.2) is 18.2 Å². The fraction of sp³-hybridized carbons (Fsp3) is 0.462. The van der Waals surface area contributed by atoms with E-state index in [0.29, 0.717) is 13.0 Å². The molecular weight excluding hydrogens is 293 g/mol. The third kappa shape index (κ3) is 5.02. The molecule has 0 heterocycles. The molecule has 0 aromatic heterocycles. The van der Waals surface area contributed by atoms with Crippen LogP contribution in [0, 0.1) is 5.92 Å². The summed E-state index contributed by atoms with van der Waals surface area (Å²) in [4.78, 5) is 11.6. The molecule has 20 heavy (non-hydrogen) atoms. The fourth-order valence-electron chi connectivity index (χ4n) is 1.54. The Balaban J connectivity index is 2.71. The van der Waals surface area contributed by atoms with Crippen LogP contribution < -0.4 is 11.1 Å². The van der Waals surface area contributed by atoms with Gasteiger partial charge >= 0.3 is 6.18 Å². The van der Waals surface area contributed by atoms with E-state index in [0.717, 1.165) is 12.1 Å². The Kier molecular flexibility index (Phi) is 5.83. The van der Waals surface area contributed by atoms with Crippen LogP contribution in [0.3, 0.4) is 0 Å². The van der Waals surface area contributed by atoms with E-state index in [9.17, 15) is 18.0 Å². The van der Waals surface area contributed by atoms with E-state index in [4.69, 9.17) is 17.3 Å². The lowest BCUT2D eigenvalue weighted by molar-refractivity contribution is -0.137. The molecule has 0 aliphatic heterocycles. The minimum absolute atomic E-state index is 0.0760. The molecule has 0 bridgehead atoms. The van der Waals surface area contributed by atoms with Gasteiger partial charge in [0.2, 0.25) is 5.91 Å². The Morgan fingerprint density at radius 1 is 1.45 bits per heavy atom. The van der Waals surface area contributed by atoms with E-state index < -0.39 is 16.8 Å². The van der Waals surface area contributed by atoms with Crippen LogP contribution in [-0.2, 0) is 11.0 Å². The largest absolute Gasteiger partial charge is 0.417 e. The maximum atomic E-state index is 12.7. The van der Waals surface area contributed by atoms with E-state index in [1.54, 1.807) is 0 Å². The molecule has 1 aromatic rings. The molecule has 3 nitrogen and oxygen atoms in total. The zero-order valence-electron chi connectivity index (χ0n) is 10.9. The molecule has 0 radical (unpaired) electrons. The minimum atomic E-state index is -4.55. The summed E-state index contributed by atoms with van der Waals surface area (Å²) in [7, 11) is 0. The van der Waals surface area contributed by atoms with Crippen LogP contribution in [-0.4, -0.2) is 12.5 Å². The number of hydrogen-bond donors (Lipinski definition) is 2. The van der Waals surface area contributed by atoms with Gasteiger partial charge < -0.3 is 11.1 Å². The van der Waals surface area contributed by atoms with Crippen molar-refractivity contribution in [3.63, 3.8) is 0 Å². The Labute approximate surface area is 120 Å². The number of anilines is 1. The summed E-state index contributed by atoms with van der Waals surface area (Å²) >= 11 is 5.49. The normalized spacial score (nSPS) is 13.1. The highest BCUT2D eigenvalue weighted by Gasteiger charge is 2.33. The van der Waals surface area contributed by atoms with E-state index in [2.05, 4.69) is 5.32 Å². The first-order valence-electron chi connectivity index (χ1n) is 6.10. The number of nitrogens with one attached hydrogen (secondary N) is 1. The first kappa shape index (κ1) is 16.8. The van der Waals surface area contributed by atoms with Crippen LogP contribution >= 0.6 is 11.6 Å². The number of rotatable bonds is 5. The predicted molar refractivity (Wildman–Crippen MR) is 72.5 cm³/mol. The number of benzene rings is 1. The second kappa shape index (κ2) is 6.95. The number of carbonyl (C=O) groups excluding carboxylic acids is 1. The number of hydrogen-bond acceptors (Lipinski definition) is 2. The Hall–Kier alpha value is -1.27. The molecule has 1 unspecified atom stereocenters. The highest BCUT2D eigenvalue weighted by molar-refractivity contribution is 6.31. The molecule has 0 aliphatic carbocycles. The molecule has 0 saturated heterocycles. The molecule has 1 rings (SSSR count). The summed E-state index contributed by atoms with van der Waals surface area (Å²) in [6.07, 6.45) is -3.75. The Morgan fingerprint density at radius 2 is 2.10 bits per heavy atom. The fourth-order valence-corrected chi connectivity index (χ4v) is 1.76. The predicted octanol–water partition coefficient (Wildman–Crippen LogP) is 3.67. The van der Waals surface area contributed by atoms with E-state index >= 15 is 0 Å². The topological polar surface area (TPSA) is 55.1 Å². The second-order valence-corrected chi connectivity index (χ2v) is 5.03. The zero-order valence-corrected chi connectivity index (χ0v) is 11.7. The molecule has 1 aromatic carbocycles. The van der Waals surface area contributed by atoms with Crippen molar-refractivity contribution < 1.29 is 18.0 Å². The highest BCUT2D eigenvalue weighted by Crippen LogP contribution is 2.36. The standard InChI is InChI=1S/C13H16ClF3N2O/c1-8(7-18)2-5-12(20)19-9-3-4-11(14)10(6-9)13(15,16)17/h3-4,6,8H,2,5,7,18H2,1H3,(H,19,20).